The highest BCUT2D eigenvalue weighted by molar-refractivity contribution is 5.87. The molecule has 0 spiro atoms. The van der Waals surface area contributed by atoms with E-state index in [1.165, 1.54) is 18.2 Å². The maximum atomic E-state index is 13.3. The number of aromatic carboxylic acids is 1. The van der Waals surface area contributed by atoms with Gasteiger partial charge in [0.25, 0.3) is 0 Å². The molecule has 0 bridgehead atoms. The van der Waals surface area contributed by atoms with E-state index in [2.05, 4.69) is 0 Å². The molecular weight excluding hydrogens is 235 g/mol. The highest BCUT2D eigenvalue weighted by Crippen LogP contribution is 2.16. The van der Waals surface area contributed by atoms with Crippen LogP contribution in [-0.4, -0.2) is 11.1 Å². The molecule has 2 rings (SSSR count). The summed E-state index contributed by atoms with van der Waals surface area (Å²) in [5.41, 5.74) is 0.569. The Labute approximate surface area is 103 Å². The SMILES string of the molecule is O=C(O)c1cccc(OCc2ccccc2F)c1. The van der Waals surface area contributed by atoms with E-state index in [0.717, 1.165) is 0 Å². The first-order valence-electron chi connectivity index (χ1n) is 5.36. The van der Waals surface area contributed by atoms with E-state index in [0.29, 0.717) is 11.3 Å². The molecule has 0 atom stereocenters. The summed E-state index contributed by atoms with van der Waals surface area (Å²) in [6.45, 7) is 0.0652. The molecule has 3 nitrogen and oxygen atoms in total. The quantitative estimate of drug-likeness (QED) is 0.901. The molecule has 4 heteroatoms. The molecule has 0 aromatic heterocycles. The van der Waals surface area contributed by atoms with Gasteiger partial charge in [0.1, 0.15) is 18.2 Å². The number of ether oxygens (including phenoxy) is 1. The van der Waals surface area contributed by atoms with Crippen LogP contribution in [0.4, 0.5) is 4.39 Å². The van der Waals surface area contributed by atoms with Crippen LogP contribution in [0.15, 0.2) is 48.5 Å². The Morgan fingerprint density at radius 1 is 1.17 bits per heavy atom. The highest BCUT2D eigenvalue weighted by atomic mass is 19.1. The lowest BCUT2D eigenvalue weighted by Gasteiger charge is -2.07. The van der Waals surface area contributed by atoms with Crippen molar-refractivity contribution in [3.8, 4) is 5.75 Å². The maximum absolute atomic E-state index is 13.3. The molecule has 0 unspecified atom stereocenters. The normalized spacial score (nSPS) is 10.1. The lowest BCUT2D eigenvalue weighted by molar-refractivity contribution is 0.0696. The van der Waals surface area contributed by atoms with E-state index in [4.69, 9.17) is 9.84 Å². The van der Waals surface area contributed by atoms with Crippen molar-refractivity contribution in [2.45, 2.75) is 6.61 Å². The van der Waals surface area contributed by atoms with Crippen molar-refractivity contribution in [2.24, 2.45) is 0 Å². The lowest BCUT2D eigenvalue weighted by Crippen LogP contribution is -2.00. The van der Waals surface area contributed by atoms with Gasteiger partial charge in [-0.3, -0.25) is 0 Å². The van der Waals surface area contributed by atoms with Gasteiger partial charge in [0.05, 0.1) is 5.56 Å². The standard InChI is InChI=1S/C14H11FO3/c15-13-7-2-1-4-11(13)9-18-12-6-3-5-10(8-12)14(16)17/h1-8H,9H2,(H,16,17). The number of halogens is 1. The van der Waals surface area contributed by atoms with Crippen LogP contribution in [0.25, 0.3) is 0 Å². The zero-order chi connectivity index (χ0) is 13.0. The van der Waals surface area contributed by atoms with Crippen molar-refractivity contribution in [1.82, 2.24) is 0 Å². The van der Waals surface area contributed by atoms with Gasteiger partial charge in [-0.05, 0) is 24.3 Å². The van der Waals surface area contributed by atoms with Crippen LogP contribution in [0.2, 0.25) is 0 Å². The fourth-order valence-corrected chi connectivity index (χ4v) is 1.50. The summed E-state index contributed by atoms with van der Waals surface area (Å²) in [5.74, 6) is -0.962. The van der Waals surface area contributed by atoms with Gasteiger partial charge in [-0.25, -0.2) is 9.18 Å². The summed E-state index contributed by atoms with van der Waals surface area (Å²) < 4.78 is 18.7. The van der Waals surface area contributed by atoms with Crippen LogP contribution < -0.4 is 4.74 Å². The van der Waals surface area contributed by atoms with Crippen LogP contribution in [0.5, 0.6) is 5.75 Å². The first-order valence-corrected chi connectivity index (χ1v) is 5.36. The minimum atomic E-state index is -1.02. The molecule has 18 heavy (non-hydrogen) atoms. The second-order valence-electron chi connectivity index (χ2n) is 3.71. The molecule has 0 aliphatic carbocycles. The zero-order valence-electron chi connectivity index (χ0n) is 9.47. The van der Waals surface area contributed by atoms with Crippen LogP contribution in [-0.2, 0) is 6.61 Å². The summed E-state index contributed by atoms with van der Waals surface area (Å²) in [7, 11) is 0. The van der Waals surface area contributed by atoms with E-state index < -0.39 is 5.97 Å². The van der Waals surface area contributed by atoms with Crippen LogP contribution in [0, 0.1) is 5.82 Å². The number of carboxylic acids is 1. The smallest absolute Gasteiger partial charge is 0.335 e. The Morgan fingerprint density at radius 3 is 2.67 bits per heavy atom. The molecule has 0 fully saturated rings. The van der Waals surface area contributed by atoms with E-state index in [1.807, 2.05) is 0 Å². The summed E-state index contributed by atoms with van der Waals surface area (Å²) in [6.07, 6.45) is 0. The second kappa shape index (κ2) is 5.31. The number of carboxylic acid groups (broad SMARTS) is 1. The molecule has 0 saturated heterocycles. The Hall–Kier alpha value is -2.36. The van der Waals surface area contributed by atoms with Gasteiger partial charge < -0.3 is 9.84 Å². The largest absolute Gasteiger partial charge is 0.489 e. The van der Waals surface area contributed by atoms with Crippen molar-refractivity contribution in [3.63, 3.8) is 0 Å². The lowest BCUT2D eigenvalue weighted by atomic mass is 10.2. The van der Waals surface area contributed by atoms with E-state index in [1.54, 1.807) is 30.3 Å². The third-order valence-electron chi connectivity index (χ3n) is 2.43. The van der Waals surface area contributed by atoms with Gasteiger partial charge in [0, 0.05) is 5.56 Å². The van der Waals surface area contributed by atoms with Crippen LogP contribution >= 0.6 is 0 Å². The van der Waals surface area contributed by atoms with Gasteiger partial charge in [0.15, 0.2) is 0 Å². The predicted octanol–water partition coefficient (Wildman–Crippen LogP) is 3.10. The van der Waals surface area contributed by atoms with E-state index in [-0.39, 0.29) is 18.0 Å². The Balaban J connectivity index is 2.09. The van der Waals surface area contributed by atoms with Gasteiger partial charge in [0.2, 0.25) is 0 Å². The van der Waals surface area contributed by atoms with Crippen LogP contribution in [0.3, 0.4) is 0 Å². The first-order chi connectivity index (χ1) is 8.66. The average Bonchev–Trinajstić information content (AvgIpc) is 2.38. The fraction of sp³-hybridized carbons (Fsp3) is 0.0714. The maximum Gasteiger partial charge on any atom is 0.335 e. The van der Waals surface area contributed by atoms with Gasteiger partial charge >= 0.3 is 5.97 Å². The molecular formula is C14H11FO3. The predicted molar refractivity (Wildman–Crippen MR) is 64.1 cm³/mol. The molecule has 2 aromatic carbocycles. The number of carbonyl (C=O) groups is 1. The third-order valence-corrected chi connectivity index (χ3v) is 2.43. The minimum absolute atomic E-state index is 0.0652. The first kappa shape index (κ1) is 12.1. The molecule has 0 aliphatic rings. The van der Waals surface area contributed by atoms with E-state index in [9.17, 15) is 9.18 Å². The van der Waals surface area contributed by atoms with Gasteiger partial charge in [-0.1, -0.05) is 24.3 Å². The van der Waals surface area contributed by atoms with E-state index >= 15 is 0 Å². The molecule has 1 N–H and O–H groups in total. The van der Waals surface area contributed by atoms with Crippen molar-refractivity contribution >= 4 is 5.97 Å². The molecule has 0 saturated carbocycles. The summed E-state index contributed by atoms with van der Waals surface area (Å²) in [5, 5.41) is 8.82. The number of hydrogen-bond donors (Lipinski definition) is 1. The molecule has 2 aromatic rings. The summed E-state index contributed by atoms with van der Waals surface area (Å²) >= 11 is 0. The zero-order valence-corrected chi connectivity index (χ0v) is 9.47. The average molecular weight is 246 g/mol. The summed E-state index contributed by atoms with van der Waals surface area (Å²) in [4.78, 5) is 10.8. The Kier molecular flexibility index (Phi) is 3.57. The summed E-state index contributed by atoms with van der Waals surface area (Å²) in [6, 6.07) is 12.4. The van der Waals surface area contributed by atoms with Crippen LogP contribution in [0.1, 0.15) is 15.9 Å². The van der Waals surface area contributed by atoms with Gasteiger partial charge in [-0.2, -0.15) is 0 Å². The molecule has 0 aliphatic heterocycles. The number of rotatable bonds is 4. The molecule has 0 heterocycles. The molecule has 0 radical (unpaired) electrons. The Morgan fingerprint density at radius 2 is 1.94 bits per heavy atom. The number of hydrogen-bond acceptors (Lipinski definition) is 2. The van der Waals surface area contributed by atoms with Crippen molar-refractivity contribution < 1.29 is 19.0 Å². The fourth-order valence-electron chi connectivity index (χ4n) is 1.50. The van der Waals surface area contributed by atoms with Gasteiger partial charge in [-0.15, -0.1) is 0 Å². The van der Waals surface area contributed by atoms with Crippen molar-refractivity contribution in [2.75, 3.05) is 0 Å². The molecule has 92 valence electrons. The number of benzene rings is 2. The van der Waals surface area contributed by atoms with Crippen molar-refractivity contribution in [1.29, 1.82) is 0 Å². The van der Waals surface area contributed by atoms with Crippen molar-refractivity contribution in [3.05, 3.63) is 65.5 Å². The second-order valence-corrected chi connectivity index (χ2v) is 3.71. The highest BCUT2D eigenvalue weighted by Gasteiger charge is 2.05. The monoisotopic (exact) mass is 246 g/mol. The third kappa shape index (κ3) is 2.85. The topological polar surface area (TPSA) is 46.5 Å². The Bertz CT molecular complexity index is 566. The minimum Gasteiger partial charge on any atom is -0.489 e. The molecule has 0 amide bonds.